The highest BCUT2D eigenvalue weighted by Gasteiger charge is 2.11. The number of hydrogen-bond acceptors (Lipinski definition) is 3. The Hall–Kier alpha value is -1.36. The lowest BCUT2D eigenvalue weighted by Crippen LogP contribution is -2.17. The van der Waals surface area contributed by atoms with Crippen molar-refractivity contribution in [1.29, 1.82) is 0 Å². The lowest BCUT2D eigenvalue weighted by Gasteiger charge is -2.05. The molecule has 0 bridgehead atoms. The minimum atomic E-state index is -1.01. The van der Waals surface area contributed by atoms with Crippen molar-refractivity contribution in [2.75, 3.05) is 0 Å². The topological polar surface area (TPSA) is 63.6 Å². The van der Waals surface area contributed by atoms with Gasteiger partial charge in [0, 0.05) is 0 Å². The van der Waals surface area contributed by atoms with Gasteiger partial charge in [0.1, 0.15) is 10.6 Å². The molecule has 1 N–H and O–H groups in total. The minimum absolute atomic E-state index is 0.154. The molecule has 0 aromatic heterocycles. The molecule has 1 aromatic rings. The average Bonchev–Trinajstić information content (AvgIpc) is 2.18. The van der Waals surface area contributed by atoms with Crippen LogP contribution >= 0.6 is 15.9 Å². The van der Waals surface area contributed by atoms with Crippen LogP contribution in [-0.4, -0.2) is 21.9 Å². The monoisotopic (exact) mass is 272 g/mol. The fourth-order valence-electron chi connectivity index (χ4n) is 0.863. The molecule has 1 atom stereocenters. The van der Waals surface area contributed by atoms with Crippen molar-refractivity contribution in [2.45, 2.75) is 11.8 Å². The van der Waals surface area contributed by atoms with E-state index in [0.717, 1.165) is 0 Å². The average molecular weight is 273 g/mol. The smallest absolute Gasteiger partial charge is 0.335 e. The second-order valence-electron chi connectivity index (χ2n) is 2.87. The number of esters is 1. The first-order valence-electron chi connectivity index (χ1n) is 4.20. The summed E-state index contributed by atoms with van der Waals surface area (Å²) in [5.41, 5.74) is 0.154. The van der Waals surface area contributed by atoms with Crippen LogP contribution in [0.15, 0.2) is 24.3 Å². The lowest BCUT2D eigenvalue weighted by atomic mass is 10.2. The van der Waals surface area contributed by atoms with Gasteiger partial charge < -0.3 is 9.84 Å². The standard InChI is InChI=1S/C10H9BrO4/c1-6(11)10(14)15-8-4-2-7(3-5-8)9(12)13/h2-6H,1H3,(H,12,13). The Labute approximate surface area is 95.0 Å². The number of benzene rings is 1. The van der Waals surface area contributed by atoms with E-state index in [-0.39, 0.29) is 5.56 Å². The number of carboxylic acid groups (broad SMARTS) is 1. The molecule has 0 fully saturated rings. The van der Waals surface area contributed by atoms with Gasteiger partial charge in [0.2, 0.25) is 0 Å². The molecule has 1 rings (SSSR count). The molecule has 1 aromatic carbocycles. The Balaban J connectivity index is 2.73. The Kier molecular flexibility index (Phi) is 3.85. The number of alkyl halides is 1. The van der Waals surface area contributed by atoms with Crippen molar-refractivity contribution in [1.82, 2.24) is 0 Å². The Morgan fingerprint density at radius 2 is 1.87 bits per heavy atom. The summed E-state index contributed by atoms with van der Waals surface area (Å²) < 4.78 is 4.93. The zero-order chi connectivity index (χ0) is 11.4. The van der Waals surface area contributed by atoms with Crippen molar-refractivity contribution >= 4 is 27.9 Å². The minimum Gasteiger partial charge on any atom is -0.478 e. The van der Waals surface area contributed by atoms with Crippen LogP contribution in [0.5, 0.6) is 5.75 Å². The fraction of sp³-hybridized carbons (Fsp3) is 0.200. The molecule has 0 aliphatic carbocycles. The number of carboxylic acids is 1. The molecule has 0 aliphatic heterocycles. The molecule has 0 heterocycles. The third-order valence-electron chi connectivity index (χ3n) is 1.64. The summed E-state index contributed by atoms with van der Waals surface area (Å²) in [6.07, 6.45) is 0. The van der Waals surface area contributed by atoms with Gasteiger partial charge in [-0.15, -0.1) is 0 Å². The quantitative estimate of drug-likeness (QED) is 0.520. The largest absolute Gasteiger partial charge is 0.478 e. The first-order chi connectivity index (χ1) is 7.00. The summed E-state index contributed by atoms with van der Waals surface area (Å²) >= 11 is 3.07. The van der Waals surface area contributed by atoms with Crippen LogP contribution < -0.4 is 4.74 Å². The lowest BCUT2D eigenvalue weighted by molar-refractivity contribution is -0.133. The molecule has 0 radical (unpaired) electrons. The number of ether oxygens (including phenoxy) is 1. The van der Waals surface area contributed by atoms with Crippen molar-refractivity contribution < 1.29 is 19.4 Å². The maximum atomic E-state index is 11.1. The van der Waals surface area contributed by atoms with Crippen LogP contribution in [-0.2, 0) is 4.79 Å². The zero-order valence-electron chi connectivity index (χ0n) is 7.94. The van der Waals surface area contributed by atoms with E-state index in [9.17, 15) is 9.59 Å². The van der Waals surface area contributed by atoms with Crippen LogP contribution in [0.25, 0.3) is 0 Å². The maximum Gasteiger partial charge on any atom is 0.335 e. The van der Waals surface area contributed by atoms with Gasteiger partial charge in [-0.05, 0) is 31.2 Å². The molecule has 0 amide bonds. The van der Waals surface area contributed by atoms with Crippen LogP contribution in [0.3, 0.4) is 0 Å². The molecule has 0 saturated carbocycles. The van der Waals surface area contributed by atoms with Crippen molar-refractivity contribution in [3.63, 3.8) is 0 Å². The van der Waals surface area contributed by atoms with E-state index in [1.54, 1.807) is 6.92 Å². The SMILES string of the molecule is CC(Br)C(=O)Oc1ccc(C(=O)O)cc1. The summed E-state index contributed by atoms with van der Waals surface area (Å²) in [5.74, 6) is -1.10. The number of rotatable bonds is 3. The van der Waals surface area contributed by atoms with E-state index in [2.05, 4.69) is 15.9 Å². The summed E-state index contributed by atoms with van der Waals surface area (Å²) in [7, 11) is 0. The fourth-order valence-corrected chi connectivity index (χ4v) is 0.956. The van der Waals surface area contributed by atoms with E-state index < -0.39 is 16.8 Å². The Bertz CT molecular complexity index is 370. The molecular weight excluding hydrogens is 264 g/mol. The van der Waals surface area contributed by atoms with Crippen LogP contribution in [0, 0.1) is 0 Å². The van der Waals surface area contributed by atoms with E-state index in [1.165, 1.54) is 24.3 Å². The molecule has 1 unspecified atom stereocenters. The van der Waals surface area contributed by atoms with E-state index in [0.29, 0.717) is 5.75 Å². The predicted octanol–water partition coefficient (Wildman–Crippen LogP) is 2.07. The molecule has 80 valence electrons. The normalized spacial score (nSPS) is 11.9. The van der Waals surface area contributed by atoms with Crippen molar-refractivity contribution in [3.05, 3.63) is 29.8 Å². The van der Waals surface area contributed by atoms with Gasteiger partial charge in [0.15, 0.2) is 0 Å². The number of aromatic carboxylic acids is 1. The Morgan fingerprint density at radius 1 is 1.33 bits per heavy atom. The van der Waals surface area contributed by atoms with E-state index in [1.807, 2.05) is 0 Å². The molecule has 0 saturated heterocycles. The third-order valence-corrected chi connectivity index (χ3v) is 2.02. The van der Waals surface area contributed by atoms with Gasteiger partial charge in [-0.25, -0.2) is 4.79 Å². The van der Waals surface area contributed by atoms with Crippen molar-refractivity contribution in [2.24, 2.45) is 0 Å². The summed E-state index contributed by atoms with van der Waals surface area (Å²) in [4.78, 5) is 21.3. The number of carbonyl (C=O) groups is 2. The van der Waals surface area contributed by atoms with Crippen LogP contribution in [0.2, 0.25) is 0 Å². The van der Waals surface area contributed by atoms with Gasteiger partial charge in [0.05, 0.1) is 5.56 Å². The third kappa shape index (κ3) is 3.36. The van der Waals surface area contributed by atoms with Gasteiger partial charge >= 0.3 is 11.9 Å². The maximum absolute atomic E-state index is 11.1. The van der Waals surface area contributed by atoms with Gasteiger partial charge in [-0.1, -0.05) is 15.9 Å². The number of hydrogen-bond donors (Lipinski definition) is 1. The second kappa shape index (κ2) is 4.93. The van der Waals surface area contributed by atoms with Crippen LogP contribution in [0.1, 0.15) is 17.3 Å². The summed E-state index contributed by atoms with van der Waals surface area (Å²) in [6, 6.07) is 5.64. The summed E-state index contributed by atoms with van der Waals surface area (Å²) in [5, 5.41) is 8.63. The highest BCUT2D eigenvalue weighted by Crippen LogP contribution is 2.14. The highest BCUT2D eigenvalue weighted by atomic mass is 79.9. The van der Waals surface area contributed by atoms with E-state index >= 15 is 0 Å². The summed E-state index contributed by atoms with van der Waals surface area (Å²) in [6.45, 7) is 1.65. The molecule has 4 nitrogen and oxygen atoms in total. The molecule has 5 heteroatoms. The van der Waals surface area contributed by atoms with Gasteiger partial charge in [-0.3, -0.25) is 4.79 Å². The number of carbonyl (C=O) groups excluding carboxylic acids is 1. The van der Waals surface area contributed by atoms with Crippen molar-refractivity contribution in [3.8, 4) is 5.75 Å². The number of halogens is 1. The molecule has 0 aliphatic rings. The zero-order valence-corrected chi connectivity index (χ0v) is 9.52. The van der Waals surface area contributed by atoms with Gasteiger partial charge in [0.25, 0.3) is 0 Å². The molecule has 15 heavy (non-hydrogen) atoms. The highest BCUT2D eigenvalue weighted by molar-refractivity contribution is 9.10. The first-order valence-corrected chi connectivity index (χ1v) is 5.11. The first kappa shape index (κ1) is 11.7. The van der Waals surface area contributed by atoms with E-state index in [4.69, 9.17) is 9.84 Å². The predicted molar refractivity (Wildman–Crippen MR) is 57.4 cm³/mol. The Morgan fingerprint density at radius 3 is 2.27 bits per heavy atom. The molecule has 0 spiro atoms. The molecular formula is C10H9BrO4. The van der Waals surface area contributed by atoms with Gasteiger partial charge in [-0.2, -0.15) is 0 Å². The van der Waals surface area contributed by atoms with Crippen LogP contribution in [0.4, 0.5) is 0 Å². The second-order valence-corrected chi connectivity index (χ2v) is 4.24.